The van der Waals surface area contributed by atoms with Gasteiger partial charge in [-0.1, -0.05) is 40.6 Å². The van der Waals surface area contributed by atoms with Gasteiger partial charge in [-0.2, -0.15) is 5.11 Å². The summed E-state index contributed by atoms with van der Waals surface area (Å²) < 4.78 is 0. The fraction of sp³-hybridized carbons (Fsp3) is 0.250. The number of imide groups is 1. The summed E-state index contributed by atoms with van der Waals surface area (Å²) >= 11 is 5.98. The lowest BCUT2D eigenvalue weighted by Crippen LogP contribution is -2.43. The predicted molar refractivity (Wildman–Crippen MR) is 108 cm³/mol. The molecule has 8 nitrogen and oxygen atoms in total. The Morgan fingerprint density at radius 2 is 1.93 bits per heavy atom. The minimum atomic E-state index is -0.963. The molecule has 1 N–H and O–H groups in total. The second-order valence-corrected chi connectivity index (χ2v) is 7.49. The van der Waals surface area contributed by atoms with Crippen molar-refractivity contribution in [1.29, 1.82) is 0 Å². The lowest BCUT2D eigenvalue weighted by Gasteiger charge is -2.20. The number of rotatable bonds is 4. The van der Waals surface area contributed by atoms with Crippen molar-refractivity contribution in [3.05, 3.63) is 58.6 Å². The third-order valence-corrected chi connectivity index (χ3v) is 5.12. The number of benzene rings is 2. The Morgan fingerprint density at radius 3 is 2.66 bits per heavy atom. The highest BCUT2D eigenvalue weighted by atomic mass is 35.5. The van der Waals surface area contributed by atoms with Gasteiger partial charge in [0.2, 0.25) is 5.91 Å². The zero-order valence-electron chi connectivity index (χ0n) is 15.8. The molecule has 2 aliphatic heterocycles. The standard InChI is InChI=1S/C20H18ClN5O3/c1-11-6-7-15(12(2)8-11)22-16(27)10-25-18-17(23-24-25)19(28)26(20(18)29)14-5-3-4-13(21)9-14/h3-9,17-18H,10H2,1-2H3,(H,22,27). The third-order valence-electron chi connectivity index (χ3n) is 4.89. The van der Waals surface area contributed by atoms with Crippen LogP contribution in [-0.4, -0.2) is 41.4 Å². The summed E-state index contributed by atoms with van der Waals surface area (Å²) in [5.41, 5.74) is 3.07. The molecule has 2 heterocycles. The molecule has 1 saturated heterocycles. The van der Waals surface area contributed by atoms with E-state index in [1.165, 1.54) is 11.1 Å². The second kappa shape index (κ2) is 7.29. The number of hydrogen-bond donors (Lipinski definition) is 1. The Labute approximate surface area is 172 Å². The fourth-order valence-electron chi connectivity index (χ4n) is 3.51. The van der Waals surface area contributed by atoms with Crippen LogP contribution >= 0.6 is 11.6 Å². The van der Waals surface area contributed by atoms with Gasteiger partial charge in [-0.25, -0.2) is 4.90 Å². The van der Waals surface area contributed by atoms with E-state index in [0.29, 0.717) is 16.4 Å². The van der Waals surface area contributed by atoms with Gasteiger partial charge in [-0.3, -0.25) is 19.4 Å². The second-order valence-electron chi connectivity index (χ2n) is 7.05. The van der Waals surface area contributed by atoms with Crippen LogP contribution in [0.4, 0.5) is 11.4 Å². The number of carbonyl (C=O) groups excluding carboxylic acids is 3. The van der Waals surface area contributed by atoms with Gasteiger partial charge in [-0.05, 0) is 43.7 Å². The van der Waals surface area contributed by atoms with Gasteiger partial charge in [0, 0.05) is 10.7 Å². The molecule has 148 valence electrons. The lowest BCUT2D eigenvalue weighted by atomic mass is 10.1. The van der Waals surface area contributed by atoms with Gasteiger partial charge < -0.3 is 5.32 Å². The zero-order valence-corrected chi connectivity index (χ0v) is 16.6. The summed E-state index contributed by atoms with van der Waals surface area (Å²) in [5.74, 6) is -1.31. The lowest BCUT2D eigenvalue weighted by molar-refractivity contribution is -0.123. The molecule has 3 amide bonds. The van der Waals surface area contributed by atoms with Crippen LogP contribution in [0, 0.1) is 13.8 Å². The van der Waals surface area contributed by atoms with Gasteiger partial charge in [0.25, 0.3) is 11.8 Å². The minimum absolute atomic E-state index is 0.194. The van der Waals surface area contributed by atoms with Crippen molar-refractivity contribution in [3.8, 4) is 0 Å². The van der Waals surface area contributed by atoms with E-state index in [9.17, 15) is 14.4 Å². The fourth-order valence-corrected chi connectivity index (χ4v) is 3.70. The molecule has 2 aromatic carbocycles. The smallest absolute Gasteiger partial charge is 0.263 e. The van der Waals surface area contributed by atoms with Gasteiger partial charge in [0.05, 0.1) is 5.69 Å². The molecule has 0 aromatic heterocycles. The first kappa shape index (κ1) is 19.1. The predicted octanol–water partition coefficient (Wildman–Crippen LogP) is 2.89. The molecule has 0 spiro atoms. The quantitative estimate of drug-likeness (QED) is 0.782. The normalized spacial score (nSPS) is 20.4. The van der Waals surface area contributed by atoms with Crippen molar-refractivity contribution in [2.45, 2.75) is 25.9 Å². The van der Waals surface area contributed by atoms with Gasteiger partial charge >= 0.3 is 0 Å². The van der Waals surface area contributed by atoms with Crippen LogP contribution in [0.5, 0.6) is 0 Å². The maximum atomic E-state index is 12.9. The van der Waals surface area contributed by atoms with E-state index in [1.807, 2.05) is 32.0 Å². The number of aryl methyl sites for hydroxylation is 2. The van der Waals surface area contributed by atoms with Gasteiger partial charge in [0.1, 0.15) is 6.54 Å². The van der Waals surface area contributed by atoms with E-state index in [2.05, 4.69) is 15.7 Å². The van der Waals surface area contributed by atoms with Crippen molar-refractivity contribution < 1.29 is 14.4 Å². The van der Waals surface area contributed by atoms with Crippen LogP contribution in [0.1, 0.15) is 11.1 Å². The number of anilines is 2. The molecule has 2 aromatic rings. The number of halogens is 1. The third kappa shape index (κ3) is 3.47. The highest BCUT2D eigenvalue weighted by Gasteiger charge is 2.55. The number of carbonyl (C=O) groups is 3. The van der Waals surface area contributed by atoms with E-state index < -0.39 is 23.9 Å². The van der Waals surface area contributed by atoms with E-state index in [-0.39, 0.29) is 12.5 Å². The van der Waals surface area contributed by atoms with E-state index in [4.69, 9.17) is 11.6 Å². The molecule has 0 saturated carbocycles. The Balaban J connectivity index is 1.49. The Kier molecular flexibility index (Phi) is 4.79. The maximum Gasteiger partial charge on any atom is 0.263 e. The topological polar surface area (TPSA) is 94.4 Å². The van der Waals surface area contributed by atoms with Crippen LogP contribution < -0.4 is 10.2 Å². The van der Waals surface area contributed by atoms with Crippen molar-refractivity contribution in [2.24, 2.45) is 10.3 Å². The van der Waals surface area contributed by atoms with Crippen molar-refractivity contribution in [2.75, 3.05) is 16.8 Å². The number of nitrogens with zero attached hydrogens (tertiary/aromatic N) is 4. The van der Waals surface area contributed by atoms with Crippen LogP contribution in [-0.2, 0) is 14.4 Å². The molecule has 0 aliphatic carbocycles. The largest absolute Gasteiger partial charge is 0.324 e. The molecular weight excluding hydrogens is 394 g/mol. The Hall–Kier alpha value is -3.26. The number of amides is 3. The van der Waals surface area contributed by atoms with Gasteiger partial charge in [0.15, 0.2) is 12.1 Å². The first-order valence-electron chi connectivity index (χ1n) is 9.03. The van der Waals surface area contributed by atoms with E-state index in [0.717, 1.165) is 16.0 Å². The molecule has 1 fully saturated rings. The van der Waals surface area contributed by atoms with Crippen LogP contribution in [0.15, 0.2) is 52.8 Å². The minimum Gasteiger partial charge on any atom is -0.324 e. The summed E-state index contributed by atoms with van der Waals surface area (Å²) in [6.07, 6.45) is 0. The van der Waals surface area contributed by atoms with E-state index in [1.54, 1.807) is 18.2 Å². The first-order valence-corrected chi connectivity index (χ1v) is 9.41. The average Bonchev–Trinajstić information content (AvgIpc) is 3.17. The highest BCUT2D eigenvalue weighted by Crippen LogP contribution is 2.32. The number of hydrogen-bond acceptors (Lipinski definition) is 6. The molecule has 2 unspecified atom stereocenters. The van der Waals surface area contributed by atoms with E-state index >= 15 is 0 Å². The molecule has 0 bridgehead atoms. The molecule has 2 aliphatic rings. The molecule has 29 heavy (non-hydrogen) atoms. The Bertz CT molecular complexity index is 1050. The van der Waals surface area contributed by atoms with Crippen molar-refractivity contribution in [3.63, 3.8) is 0 Å². The number of fused-ring (bicyclic) bond motifs is 1. The molecule has 4 rings (SSSR count). The van der Waals surface area contributed by atoms with Crippen LogP contribution in [0.25, 0.3) is 0 Å². The summed E-state index contributed by atoms with van der Waals surface area (Å²) in [6, 6.07) is 10.2. The maximum absolute atomic E-state index is 12.9. The highest BCUT2D eigenvalue weighted by molar-refractivity contribution is 6.31. The van der Waals surface area contributed by atoms with Crippen LogP contribution in [0.2, 0.25) is 5.02 Å². The SMILES string of the molecule is Cc1ccc(NC(=O)CN2N=NC3C(=O)N(c4cccc(Cl)c4)C(=O)C32)c(C)c1. The van der Waals surface area contributed by atoms with Crippen molar-refractivity contribution >= 4 is 40.7 Å². The summed E-state index contributed by atoms with van der Waals surface area (Å²) in [5, 5.41) is 12.3. The zero-order chi connectivity index (χ0) is 20.7. The average molecular weight is 412 g/mol. The molecule has 9 heteroatoms. The molecule has 2 atom stereocenters. The van der Waals surface area contributed by atoms with Crippen LogP contribution in [0.3, 0.4) is 0 Å². The molecule has 0 radical (unpaired) electrons. The summed E-state index contributed by atoms with van der Waals surface area (Å²) in [4.78, 5) is 39.2. The summed E-state index contributed by atoms with van der Waals surface area (Å²) in [6.45, 7) is 3.67. The molecular formula is C20H18ClN5O3. The van der Waals surface area contributed by atoms with Crippen molar-refractivity contribution in [1.82, 2.24) is 5.01 Å². The number of nitrogens with one attached hydrogen (secondary N) is 1. The first-order chi connectivity index (χ1) is 13.8. The van der Waals surface area contributed by atoms with Gasteiger partial charge in [-0.15, -0.1) is 0 Å². The Morgan fingerprint density at radius 1 is 1.14 bits per heavy atom. The summed E-state index contributed by atoms with van der Waals surface area (Å²) in [7, 11) is 0. The monoisotopic (exact) mass is 411 g/mol.